The highest BCUT2D eigenvalue weighted by Crippen LogP contribution is 2.42. The van der Waals surface area contributed by atoms with Crippen molar-refractivity contribution in [2.45, 2.75) is 37.0 Å². The Morgan fingerprint density at radius 2 is 1.19 bits per heavy atom. The summed E-state index contributed by atoms with van der Waals surface area (Å²) < 4.78 is 6.87. The molecule has 0 fully saturated rings. The van der Waals surface area contributed by atoms with E-state index in [0.29, 0.717) is 11.2 Å². The summed E-state index contributed by atoms with van der Waals surface area (Å²) >= 11 is 1.95. The van der Waals surface area contributed by atoms with E-state index >= 15 is 0 Å². The molecule has 0 N–H and O–H groups in total. The van der Waals surface area contributed by atoms with E-state index in [1.165, 1.54) is 26.3 Å². The molecule has 0 aromatic heterocycles. The van der Waals surface area contributed by atoms with Gasteiger partial charge in [-0.2, -0.15) is 0 Å². The third-order valence-corrected chi connectivity index (χ3v) is 9.27. The Labute approximate surface area is 191 Å². The Balaban J connectivity index is 1.62. The fraction of sp³-hybridized carbons (Fsp3) is 0.214. The minimum absolute atomic E-state index is 0.107. The van der Waals surface area contributed by atoms with Gasteiger partial charge in [-0.05, 0) is 29.7 Å². The lowest BCUT2D eigenvalue weighted by Gasteiger charge is -2.31. The summed E-state index contributed by atoms with van der Waals surface area (Å²) in [5.41, 5.74) is 0. The van der Waals surface area contributed by atoms with E-state index in [1.807, 2.05) is 11.8 Å². The average Bonchev–Trinajstić information content (AvgIpc) is 2.82. The standard InChI is InChI=1S/C28H29OPS/c1-21(2)28(31-27-20-12-14-23-13-10-11-19-26(23)27)22(3)29-30(24-15-6-4-7-16-24)25-17-8-5-9-18-25/h4-22,28H,1-3H3/t22-,28+/m0/s1. The van der Waals surface area contributed by atoms with Gasteiger partial charge in [-0.1, -0.05) is 111 Å². The Kier molecular flexibility index (Phi) is 7.45. The van der Waals surface area contributed by atoms with Crippen molar-refractivity contribution >= 4 is 41.3 Å². The molecule has 3 heteroatoms. The van der Waals surface area contributed by atoms with Crippen molar-refractivity contribution in [2.75, 3.05) is 0 Å². The number of rotatable bonds is 8. The van der Waals surface area contributed by atoms with Crippen molar-refractivity contribution in [3.8, 4) is 0 Å². The second kappa shape index (κ2) is 10.5. The molecule has 4 aromatic carbocycles. The van der Waals surface area contributed by atoms with Crippen LogP contribution in [-0.2, 0) is 4.52 Å². The van der Waals surface area contributed by atoms with Crippen molar-refractivity contribution in [2.24, 2.45) is 5.92 Å². The average molecular weight is 445 g/mol. The highest BCUT2D eigenvalue weighted by atomic mass is 32.2. The van der Waals surface area contributed by atoms with Crippen molar-refractivity contribution in [3.05, 3.63) is 103 Å². The molecule has 1 nitrogen and oxygen atoms in total. The van der Waals surface area contributed by atoms with Gasteiger partial charge in [0.2, 0.25) is 0 Å². The van der Waals surface area contributed by atoms with E-state index in [4.69, 9.17) is 4.52 Å². The van der Waals surface area contributed by atoms with Gasteiger partial charge in [-0.15, -0.1) is 11.8 Å². The molecule has 0 spiro atoms. The number of benzene rings is 4. The Morgan fingerprint density at radius 1 is 0.645 bits per heavy atom. The van der Waals surface area contributed by atoms with Crippen LogP contribution in [0.4, 0.5) is 0 Å². The monoisotopic (exact) mass is 444 g/mol. The molecule has 4 rings (SSSR count). The first-order valence-corrected chi connectivity index (χ1v) is 13.0. The first kappa shape index (κ1) is 22.1. The largest absolute Gasteiger partial charge is 0.346 e. The predicted molar refractivity (Wildman–Crippen MR) is 138 cm³/mol. The zero-order valence-electron chi connectivity index (χ0n) is 18.3. The third-order valence-electron chi connectivity index (χ3n) is 5.39. The zero-order valence-corrected chi connectivity index (χ0v) is 20.0. The van der Waals surface area contributed by atoms with E-state index in [9.17, 15) is 0 Å². The minimum atomic E-state index is -0.870. The van der Waals surface area contributed by atoms with Gasteiger partial charge in [0.1, 0.15) is 0 Å². The van der Waals surface area contributed by atoms with Crippen LogP contribution in [0.2, 0.25) is 0 Å². The molecule has 31 heavy (non-hydrogen) atoms. The highest BCUT2D eigenvalue weighted by Gasteiger charge is 2.27. The molecular weight excluding hydrogens is 415 g/mol. The van der Waals surface area contributed by atoms with Crippen LogP contribution in [0.3, 0.4) is 0 Å². The van der Waals surface area contributed by atoms with Crippen LogP contribution in [0.1, 0.15) is 20.8 Å². The maximum Gasteiger partial charge on any atom is 0.0922 e. The molecule has 0 saturated carbocycles. The second-order valence-corrected chi connectivity index (χ2v) is 11.1. The van der Waals surface area contributed by atoms with Crippen LogP contribution < -0.4 is 10.6 Å². The maximum absolute atomic E-state index is 6.87. The highest BCUT2D eigenvalue weighted by molar-refractivity contribution is 8.00. The van der Waals surface area contributed by atoms with Gasteiger partial charge in [0.25, 0.3) is 0 Å². The third kappa shape index (κ3) is 5.39. The van der Waals surface area contributed by atoms with Crippen LogP contribution in [-0.4, -0.2) is 11.4 Å². The number of fused-ring (bicyclic) bond motifs is 1. The molecule has 0 heterocycles. The van der Waals surface area contributed by atoms with Crippen molar-refractivity contribution < 1.29 is 4.52 Å². The Morgan fingerprint density at radius 3 is 1.81 bits per heavy atom. The summed E-state index contributed by atoms with van der Waals surface area (Å²) in [7, 11) is -0.870. The number of hydrogen-bond acceptors (Lipinski definition) is 2. The predicted octanol–water partition coefficient (Wildman–Crippen LogP) is 7.41. The number of hydrogen-bond donors (Lipinski definition) is 0. The second-order valence-electron chi connectivity index (χ2n) is 8.08. The molecule has 158 valence electrons. The molecule has 0 aliphatic carbocycles. The van der Waals surface area contributed by atoms with Gasteiger partial charge >= 0.3 is 0 Å². The van der Waals surface area contributed by atoms with Gasteiger partial charge in [-0.3, -0.25) is 0 Å². The maximum atomic E-state index is 6.87. The molecule has 2 atom stereocenters. The number of thioether (sulfide) groups is 1. The van der Waals surface area contributed by atoms with Crippen LogP contribution in [0.25, 0.3) is 10.8 Å². The fourth-order valence-corrected chi connectivity index (χ4v) is 7.10. The Hall–Kier alpha value is -2.12. The van der Waals surface area contributed by atoms with Crippen LogP contribution in [0.5, 0.6) is 0 Å². The van der Waals surface area contributed by atoms with Crippen molar-refractivity contribution in [1.82, 2.24) is 0 Å². The van der Waals surface area contributed by atoms with E-state index in [2.05, 4.69) is 124 Å². The zero-order chi connectivity index (χ0) is 21.6. The summed E-state index contributed by atoms with van der Waals surface area (Å²) in [6.07, 6.45) is 0.107. The molecular formula is C28H29OPS. The molecule has 0 saturated heterocycles. The van der Waals surface area contributed by atoms with Crippen molar-refractivity contribution in [3.63, 3.8) is 0 Å². The summed E-state index contributed by atoms with van der Waals surface area (Å²) in [5.74, 6) is 0.488. The first-order chi connectivity index (χ1) is 15.1. The normalized spacial score (nSPS) is 13.6. The smallest absolute Gasteiger partial charge is 0.0922 e. The molecule has 0 unspecified atom stereocenters. The van der Waals surface area contributed by atoms with Crippen LogP contribution in [0.15, 0.2) is 108 Å². The minimum Gasteiger partial charge on any atom is -0.346 e. The molecule has 4 aromatic rings. The van der Waals surface area contributed by atoms with E-state index in [0.717, 1.165) is 0 Å². The van der Waals surface area contributed by atoms with Crippen LogP contribution in [0, 0.1) is 5.92 Å². The molecule has 0 radical (unpaired) electrons. The lowest BCUT2D eigenvalue weighted by molar-refractivity contribution is 0.228. The molecule has 0 aliphatic heterocycles. The quantitative estimate of drug-likeness (QED) is 0.207. The van der Waals surface area contributed by atoms with E-state index < -0.39 is 8.15 Å². The van der Waals surface area contributed by atoms with Crippen LogP contribution >= 0.6 is 19.9 Å². The molecule has 0 bridgehead atoms. The lowest BCUT2D eigenvalue weighted by atomic mass is 10.1. The fourth-order valence-electron chi connectivity index (χ4n) is 3.84. The van der Waals surface area contributed by atoms with Gasteiger partial charge in [0.05, 0.1) is 14.3 Å². The topological polar surface area (TPSA) is 9.23 Å². The van der Waals surface area contributed by atoms with Gasteiger partial charge < -0.3 is 4.52 Å². The SMILES string of the molecule is CC(C)[C@@H](Sc1cccc2ccccc12)[C@H](C)OP(c1ccccc1)c1ccccc1. The molecule has 0 aliphatic rings. The summed E-state index contributed by atoms with van der Waals surface area (Å²) in [6.45, 7) is 6.84. The molecule has 0 amide bonds. The first-order valence-electron chi connectivity index (χ1n) is 10.8. The lowest BCUT2D eigenvalue weighted by Crippen LogP contribution is -2.29. The summed E-state index contributed by atoms with van der Waals surface area (Å²) in [5, 5.41) is 5.48. The van der Waals surface area contributed by atoms with Gasteiger partial charge in [-0.25, -0.2) is 0 Å². The van der Waals surface area contributed by atoms with Crippen molar-refractivity contribution in [1.29, 1.82) is 0 Å². The van der Waals surface area contributed by atoms with Gasteiger partial charge in [0.15, 0.2) is 0 Å². The summed E-state index contributed by atoms with van der Waals surface area (Å²) in [6, 6.07) is 36.5. The van der Waals surface area contributed by atoms with E-state index in [1.54, 1.807) is 0 Å². The summed E-state index contributed by atoms with van der Waals surface area (Å²) in [4.78, 5) is 1.33. The Bertz CT molecular complexity index is 1050. The van der Waals surface area contributed by atoms with E-state index in [-0.39, 0.29) is 6.10 Å². The van der Waals surface area contributed by atoms with Gasteiger partial charge in [0, 0.05) is 20.8 Å².